The topological polar surface area (TPSA) is 61.4 Å². The van der Waals surface area contributed by atoms with Crippen LogP contribution in [-0.2, 0) is 5.75 Å². The number of nitrogens with one attached hydrogen (secondary N) is 2. The maximum Gasteiger partial charge on any atom is 0.314 e. The van der Waals surface area contributed by atoms with Crippen LogP contribution in [-0.4, -0.2) is 36.6 Å². The molecule has 0 unspecified atom stereocenters. The SMILES string of the molecule is Cc1ccc(CSCCNC(=O)NCCO)cc1. The summed E-state index contributed by atoms with van der Waals surface area (Å²) in [5, 5.41) is 13.8. The molecule has 0 atom stereocenters. The number of thioether (sulfide) groups is 1. The summed E-state index contributed by atoms with van der Waals surface area (Å²) in [5.41, 5.74) is 2.57. The first-order chi connectivity index (χ1) is 8.72. The van der Waals surface area contributed by atoms with Crippen LogP contribution in [0.4, 0.5) is 4.79 Å². The molecular weight excluding hydrogens is 248 g/mol. The number of hydrogen-bond acceptors (Lipinski definition) is 3. The molecule has 1 rings (SSSR count). The molecule has 1 aromatic carbocycles. The molecule has 0 aliphatic rings. The number of hydrogen-bond donors (Lipinski definition) is 3. The Balaban J connectivity index is 2.05. The van der Waals surface area contributed by atoms with E-state index in [1.165, 1.54) is 11.1 Å². The van der Waals surface area contributed by atoms with Gasteiger partial charge in [-0.15, -0.1) is 0 Å². The Morgan fingerprint density at radius 2 is 1.89 bits per heavy atom. The second kappa shape index (κ2) is 8.83. The molecule has 0 aromatic heterocycles. The summed E-state index contributed by atoms with van der Waals surface area (Å²) in [6.45, 7) is 2.97. The van der Waals surface area contributed by atoms with Gasteiger partial charge in [0.15, 0.2) is 0 Å². The van der Waals surface area contributed by atoms with E-state index in [0.717, 1.165) is 11.5 Å². The normalized spacial score (nSPS) is 10.1. The van der Waals surface area contributed by atoms with E-state index < -0.39 is 0 Å². The maximum atomic E-state index is 11.1. The molecule has 0 heterocycles. The number of aryl methyl sites for hydroxylation is 1. The third kappa shape index (κ3) is 6.51. The van der Waals surface area contributed by atoms with Gasteiger partial charge in [-0.1, -0.05) is 29.8 Å². The van der Waals surface area contributed by atoms with E-state index in [-0.39, 0.29) is 12.6 Å². The van der Waals surface area contributed by atoms with Crippen LogP contribution in [0.25, 0.3) is 0 Å². The Kier molecular flexibility index (Phi) is 7.29. The van der Waals surface area contributed by atoms with Gasteiger partial charge in [0.2, 0.25) is 0 Å². The third-order valence-corrected chi connectivity index (χ3v) is 3.35. The lowest BCUT2D eigenvalue weighted by molar-refractivity contribution is 0.235. The zero-order chi connectivity index (χ0) is 13.2. The molecule has 0 fully saturated rings. The van der Waals surface area contributed by atoms with Crippen molar-refractivity contribution in [2.45, 2.75) is 12.7 Å². The number of aliphatic hydroxyl groups excluding tert-OH is 1. The summed E-state index contributed by atoms with van der Waals surface area (Å²) in [6, 6.07) is 8.25. The maximum absolute atomic E-state index is 11.1. The van der Waals surface area contributed by atoms with Gasteiger partial charge in [-0.2, -0.15) is 11.8 Å². The van der Waals surface area contributed by atoms with Crippen LogP contribution in [0.15, 0.2) is 24.3 Å². The Labute approximate surface area is 112 Å². The van der Waals surface area contributed by atoms with Gasteiger partial charge in [0.05, 0.1) is 6.61 Å². The largest absolute Gasteiger partial charge is 0.395 e. The zero-order valence-electron chi connectivity index (χ0n) is 10.6. The van der Waals surface area contributed by atoms with Crippen molar-refractivity contribution in [3.8, 4) is 0 Å². The molecule has 0 saturated heterocycles. The van der Waals surface area contributed by atoms with Gasteiger partial charge < -0.3 is 15.7 Å². The molecule has 2 amide bonds. The molecule has 5 heteroatoms. The molecule has 0 saturated carbocycles. The zero-order valence-corrected chi connectivity index (χ0v) is 11.4. The Morgan fingerprint density at radius 3 is 2.56 bits per heavy atom. The Morgan fingerprint density at radius 1 is 1.22 bits per heavy atom. The van der Waals surface area contributed by atoms with Gasteiger partial charge >= 0.3 is 6.03 Å². The minimum absolute atomic E-state index is 0.0321. The van der Waals surface area contributed by atoms with Crippen LogP contribution >= 0.6 is 11.8 Å². The van der Waals surface area contributed by atoms with E-state index in [2.05, 4.69) is 41.8 Å². The molecule has 18 heavy (non-hydrogen) atoms. The quantitative estimate of drug-likeness (QED) is 0.657. The molecule has 0 spiro atoms. The summed E-state index contributed by atoms with van der Waals surface area (Å²) in [4.78, 5) is 11.1. The minimum Gasteiger partial charge on any atom is -0.395 e. The lowest BCUT2D eigenvalue weighted by Gasteiger charge is -2.06. The second-order valence-electron chi connectivity index (χ2n) is 3.94. The highest BCUT2D eigenvalue weighted by atomic mass is 32.2. The standard InChI is InChI=1S/C13H20N2O2S/c1-11-2-4-12(5-3-11)10-18-9-7-15-13(17)14-6-8-16/h2-5,16H,6-10H2,1H3,(H2,14,15,17). The summed E-state index contributed by atoms with van der Waals surface area (Å²) < 4.78 is 0. The van der Waals surface area contributed by atoms with Crippen molar-refractivity contribution in [3.05, 3.63) is 35.4 Å². The summed E-state index contributed by atoms with van der Waals surface area (Å²) in [6.07, 6.45) is 0. The smallest absolute Gasteiger partial charge is 0.314 e. The van der Waals surface area contributed by atoms with E-state index in [9.17, 15) is 4.79 Å². The van der Waals surface area contributed by atoms with Crippen molar-refractivity contribution >= 4 is 17.8 Å². The highest BCUT2D eigenvalue weighted by molar-refractivity contribution is 7.98. The molecular formula is C13H20N2O2S. The summed E-state index contributed by atoms with van der Waals surface area (Å²) in [7, 11) is 0. The van der Waals surface area contributed by atoms with Gasteiger partial charge in [-0.05, 0) is 12.5 Å². The monoisotopic (exact) mass is 268 g/mol. The van der Waals surface area contributed by atoms with Crippen LogP contribution in [0.2, 0.25) is 0 Å². The Hall–Kier alpha value is -1.20. The van der Waals surface area contributed by atoms with Crippen molar-refractivity contribution in [3.63, 3.8) is 0 Å². The summed E-state index contributed by atoms with van der Waals surface area (Å²) in [5.74, 6) is 1.83. The summed E-state index contributed by atoms with van der Waals surface area (Å²) >= 11 is 1.79. The molecule has 4 nitrogen and oxygen atoms in total. The number of amides is 2. The minimum atomic E-state index is -0.222. The van der Waals surface area contributed by atoms with Crippen LogP contribution in [0, 0.1) is 6.92 Å². The number of aliphatic hydroxyl groups is 1. The van der Waals surface area contributed by atoms with E-state index in [4.69, 9.17) is 5.11 Å². The Bertz CT molecular complexity index is 355. The number of benzene rings is 1. The van der Waals surface area contributed by atoms with Crippen molar-refractivity contribution in [2.24, 2.45) is 0 Å². The molecule has 0 bridgehead atoms. The molecule has 3 N–H and O–H groups in total. The lowest BCUT2D eigenvalue weighted by Crippen LogP contribution is -2.38. The van der Waals surface area contributed by atoms with E-state index >= 15 is 0 Å². The van der Waals surface area contributed by atoms with E-state index in [1.54, 1.807) is 11.8 Å². The predicted molar refractivity (Wildman–Crippen MR) is 75.8 cm³/mol. The molecule has 0 radical (unpaired) electrons. The van der Waals surface area contributed by atoms with Crippen molar-refractivity contribution < 1.29 is 9.90 Å². The van der Waals surface area contributed by atoms with Crippen molar-refractivity contribution in [1.29, 1.82) is 0 Å². The first kappa shape index (κ1) is 14.9. The molecule has 100 valence electrons. The van der Waals surface area contributed by atoms with Crippen LogP contribution in [0.3, 0.4) is 0 Å². The van der Waals surface area contributed by atoms with Gasteiger partial charge in [-0.25, -0.2) is 4.79 Å². The lowest BCUT2D eigenvalue weighted by atomic mass is 10.2. The van der Waals surface area contributed by atoms with E-state index in [1.807, 2.05) is 0 Å². The molecule has 1 aromatic rings. The second-order valence-corrected chi connectivity index (χ2v) is 5.05. The van der Waals surface area contributed by atoms with Crippen molar-refractivity contribution in [1.82, 2.24) is 10.6 Å². The first-order valence-corrected chi connectivity index (χ1v) is 7.13. The average Bonchev–Trinajstić information content (AvgIpc) is 2.38. The highest BCUT2D eigenvalue weighted by Gasteiger charge is 1.98. The number of carbonyl (C=O) groups excluding carboxylic acids is 1. The average molecular weight is 268 g/mol. The van der Waals surface area contributed by atoms with Crippen LogP contribution < -0.4 is 10.6 Å². The molecule has 0 aliphatic heterocycles. The van der Waals surface area contributed by atoms with Gasteiger partial charge in [0.1, 0.15) is 0 Å². The first-order valence-electron chi connectivity index (χ1n) is 5.98. The fraction of sp³-hybridized carbons (Fsp3) is 0.462. The molecule has 0 aliphatic carbocycles. The fourth-order valence-corrected chi connectivity index (χ4v) is 2.16. The number of carbonyl (C=O) groups is 1. The van der Waals surface area contributed by atoms with Gasteiger partial charge in [0, 0.05) is 24.6 Å². The van der Waals surface area contributed by atoms with Crippen molar-refractivity contribution in [2.75, 3.05) is 25.4 Å². The number of rotatable bonds is 7. The van der Waals surface area contributed by atoms with Gasteiger partial charge in [0.25, 0.3) is 0 Å². The van der Waals surface area contributed by atoms with E-state index in [0.29, 0.717) is 13.1 Å². The highest BCUT2D eigenvalue weighted by Crippen LogP contribution is 2.12. The van der Waals surface area contributed by atoms with Gasteiger partial charge in [-0.3, -0.25) is 0 Å². The number of urea groups is 1. The van der Waals surface area contributed by atoms with Crippen LogP contribution in [0.5, 0.6) is 0 Å². The predicted octanol–water partition coefficient (Wildman–Crippen LogP) is 1.52. The van der Waals surface area contributed by atoms with Crippen LogP contribution in [0.1, 0.15) is 11.1 Å². The fourth-order valence-electron chi connectivity index (χ4n) is 1.34. The third-order valence-electron chi connectivity index (χ3n) is 2.32.